The smallest absolute Gasteiger partial charge is 0.259 e. The molecule has 0 bridgehead atoms. The maximum atomic E-state index is 13.6. The van der Waals surface area contributed by atoms with Gasteiger partial charge in [-0.15, -0.1) is 0 Å². The van der Waals surface area contributed by atoms with E-state index in [1.807, 2.05) is 65.0 Å². The number of carbonyl (C=O) groups excluding carboxylic acids is 1. The number of rotatable bonds is 3. The average Bonchev–Trinajstić information content (AvgIpc) is 3.05. The second-order valence-electron chi connectivity index (χ2n) is 7.41. The summed E-state index contributed by atoms with van der Waals surface area (Å²) in [4.78, 5) is 24.0. The number of hydrogen-bond donors (Lipinski definition) is 1. The number of aromatic nitrogens is 4. The number of fused-ring (bicyclic) bond motifs is 2. The fourth-order valence-electron chi connectivity index (χ4n) is 4.21. The van der Waals surface area contributed by atoms with Crippen molar-refractivity contribution in [2.75, 3.05) is 10.6 Å². The van der Waals surface area contributed by atoms with Crippen LogP contribution in [0.15, 0.2) is 54.9 Å². The Bertz CT molecular complexity index is 1270. The lowest BCUT2D eigenvalue weighted by Gasteiger charge is -2.37. The molecule has 30 heavy (non-hydrogen) atoms. The second kappa shape index (κ2) is 7.35. The van der Waals surface area contributed by atoms with Crippen molar-refractivity contribution in [1.29, 1.82) is 0 Å². The number of benzene rings is 2. The van der Waals surface area contributed by atoms with Crippen LogP contribution in [-0.2, 0) is 13.0 Å². The number of amides is 1. The lowest BCUT2D eigenvalue weighted by Crippen LogP contribution is -2.48. The van der Waals surface area contributed by atoms with Gasteiger partial charge in [-0.1, -0.05) is 36.4 Å². The Morgan fingerprint density at radius 3 is 2.73 bits per heavy atom. The molecule has 0 saturated heterocycles. The van der Waals surface area contributed by atoms with Crippen LogP contribution in [0.25, 0.3) is 11.0 Å². The zero-order valence-electron chi connectivity index (χ0n) is 16.3. The minimum absolute atomic E-state index is 0.0193. The molecule has 3 heterocycles. The van der Waals surface area contributed by atoms with Crippen molar-refractivity contribution >= 4 is 51.0 Å². The van der Waals surface area contributed by atoms with Gasteiger partial charge >= 0.3 is 0 Å². The predicted octanol–water partition coefficient (Wildman–Crippen LogP) is 3.59. The van der Waals surface area contributed by atoms with Gasteiger partial charge in [-0.05, 0) is 59.2 Å². The third-order valence-corrected chi connectivity index (χ3v) is 6.30. The van der Waals surface area contributed by atoms with Gasteiger partial charge in [0, 0.05) is 11.3 Å². The zero-order chi connectivity index (χ0) is 20.8. The lowest BCUT2D eigenvalue weighted by molar-refractivity contribution is 0.0963. The molecule has 2 aromatic heterocycles. The van der Waals surface area contributed by atoms with E-state index in [0.717, 1.165) is 37.9 Å². The third-order valence-electron chi connectivity index (χ3n) is 5.55. The molecular weight excluding hydrogens is 491 g/mol. The summed E-state index contributed by atoms with van der Waals surface area (Å²) < 4.78 is 2.59. The van der Waals surface area contributed by atoms with E-state index in [1.54, 1.807) is 0 Å². The molecule has 8 heteroatoms. The van der Waals surface area contributed by atoms with Gasteiger partial charge in [0.25, 0.3) is 5.91 Å². The van der Waals surface area contributed by atoms with Crippen LogP contribution in [0.5, 0.6) is 0 Å². The predicted molar refractivity (Wildman–Crippen MR) is 124 cm³/mol. The molecule has 0 fully saturated rings. The quantitative estimate of drug-likeness (QED) is 0.426. The van der Waals surface area contributed by atoms with Crippen LogP contribution < -0.4 is 10.6 Å². The van der Waals surface area contributed by atoms with Crippen molar-refractivity contribution in [2.45, 2.75) is 25.9 Å². The van der Waals surface area contributed by atoms with E-state index in [4.69, 9.17) is 5.73 Å². The molecule has 0 radical (unpaired) electrons. The molecule has 0 aliphatic carbocycles. The van der Waals surface area contributed by atoms with E-state index in [1.165, 1.54) is 6.33 Å². The first-order valence-electron chi connectivity index (χ1n) is 9.64. The van der Waals surface area contributed by atoms with Crippen LogP contribution in [0, 0.1) is 10.6 Å². The van der Waals surface area contributed by atoms with Gasteiger partial charge in [0.15, 0.2) is 5.65 Å². The summed E-state index contributed by atoms with van der Waals surface area (Å²) in [7, 11) is 0. The minimum Gasteiger partial charge on any atom is -0.383 e. The zero-order valence-corrected chi connectivity index (χ0v) is 18.4. The molecular formula is C22H19IN6O. The van der Waals surface area contributed by atoms with Crippen LogP contribution in [0.2, 0.25) is 0 Å². The standard InChI is InChI=1S/C22H19IN6O/c1-13-6-5-7-14-10-16(29(22(30)17(13)14)15-8-3-2-4-9-15)11-28-21-18(19(23)27-28)20(24)25-12-26-21/h2-9,12,16H,10-11H2,1H3,(H2,24,25,26). The first kappa shape index (κ1) is 19.0. The highest BCUT2D eigenvalue weighted by Crippen LogP contribution is 2.32. The van der Waals surface area contributed by atoms with Crippen molar-refractivity contribution < 1.29 is 4.79 Å². The topological polar surface area (TPSA) is 89.9 Å². The van der Waals surface area contributed by atoms with E-state index in [2.05, 4.69) is 37.7 Å². The highest BCUT2D eigenvalue weighted by atomic mass is 127. The number of carbonyl (C=O) groups is 1. The van der Waals surface area contributed by atoms with Crippen LogP contribution in [-0.4, -0.2) is 31.7 Å². The van der Waals surface area contributed by atoms with Gasteiger partial charge in [-0.25, -0.2) is 14.6 Å². The first-order chi connectivity index (χ1) is 14.5. The highest BCUT2D eigenvalue weighted by molar-refractivity contribution is 14.1. The Kier molecular flexibility index (Phi) is 4.65. The summed E-state index contributed by atoms with van der Waals surface area (Å²) in [5.41, 5.74) is 10.5. The number of hydrogen-bond acceptors (Lipinski definition) is 5. The maximum absolute atomic E-state index is 13.6. The lowest BCUT2D eigenvalue weighted by atomic mass is 9.90. The Morgan fingerprint density at radius 1 is 1.13 bits per heavy atom. The molecule has 1 unspecified atom stereocenters. The van der Waals surface area contributed by atoms with Crippen LogP contribution in [0.3, 0.4) is 0 Å². The van der Waals surface area contributed by atoms with Gasteiger partial charge in [0.2, 0.25) is 0 Å². The van der Waals surface area contributed by atoms with E-state index in [9.17, 15) is 4.79 Å². The van der Waals surface area contributed by atoms with Gasteiger partial charge in [0.05, 0.1) is 18.0 Å². The number of nitrogens with zero attached hydrogens (tertiary/aromatic N) is 5. The number of aryl methyl sites for hydroxylation is 1. The fourth-order valence-corrected chi connectivity index (χ4v) is 4.99. The summed E-state index contributed by atoms with van der Waals surface area (Å²) in [5.74, 6) is 0.433. The molecule has 2 N–H and O–H groups in total. The van der Waals surface area contributed by atoms with E-state index in [0.29, 0.717) is 18.0 Å². The van der Waals surface area contributed by atoms with Crippen molar-refractivity contribution in [1.82, 2.24) is 19.7 Å². The summed E-state index contributed by atoms with van der Waals surface area (Å²) in [6, 6.07) is 15.7. The SMILES string of the molecule is Cc1cccc2c1C(=O)N(c1ccccc1)C(Cn1nc(I)c3c(N)ncnc31)C2. The molecule has 5 rings (SSSR count). The second-order valence-corrected chi connectivity index (χ2v) is 8.43. The van der Waals surface area contributed by atoms with Crippen LogP contribution in [0.4, 0.5) is 11.5 Å². The Balaban J connectivity index is 1.63. The maximum Gasteiger partial charge on any atom is 0.259 e. The molecule has 7 nitrogen and oxygen atoms in total. The van der Waals surface area contributed by atoms with Crippen LogP contribution >= 0.6 is 22.6 Å². The molecule has 1 atom stereocenters. The van der Waals surface area contributed by atoms with Crippen molar-refractivity contribution in [2.24, 2.45) is 0 Å². The minimum atomic E-state index is -0.107. The molecule has 0 saturated carbocycles. The first-order valence-corrected chi connectivity index (χ1v) is 10.7. The molecule has 1 amide bonds. The number of para-hydroxylation sites is 1. The van der Waals surface area contributed by atoms with E-state index < -0.39 is 0 Å². The monoisotopic (exact) mass is 510 g/mol. The fraction of sp³-hybridized carbons (Fsp3) is 0.182. The van der Waals surface area contributed by atoms with Gasteiger partial charge in [-0.3, -0.25) is 4.79 Å². The molecule has 1 aliphatic rings. The molecule has 0 spiro atoms. The molecule has 2 aromatic carbocycles. The number of halogens is 1. The summed E-state index contributed by atoms with van der Waals surface area (Å²) in [6.45, 7) is 2.49. The number of anilines is 2. The third kappa shape index (κ3) is 3.02. The van der Waals surface area contributed by atoms with Crippen molar-refractivity contribution in [3.63, 3.8) is 0 Å². The Hall–Kier alpha value is -3.01. The van der Waals surface area contributed by atoms with Crippen molar-refractivity contribution in [3.8, 4) is 0 Å². The van der Waals surface area contributed by atoms with Crippen LogP contribution in [0.1, 0.15) is 21.5 Å². The van der Waals surface area contributed by atoms with Gasteiger partial charge < -0.3 is 10.6 Å². The number of nitrogen functional groups attached to an aromatic ring is 1. The summed E-state index contributed by atoms with van der Waals surface area (Å²) >= 11 is 2.15. The van der Waals surface area contributed by atoms with E-state index in [-0.39, 0.29) is 11.9 Å². The molecule has 150 valence electrons. The highest BCUT2D eigenvalue weighted by Gasteiger charge is 2.35. The van der Waals surface area contributed by atoms with E-state index >= 15 is 0 Å². The average molecular weight is 510 g/mol. The Morgan fingerprint density at radius 2 is 1.93 bits per heavy atom. The normalized spacial score (nSPS) is 16.1. The Labute approximate surface area is 187 Å². The number of nitrogens with two attached hydrogens (primary N) is 1. The van der Waals surface area contributed by atoms with Gasteiger partial charge in [-0.2, -0.15) is 5.10 Å². The molecule has 4 aromatic rings. The molecule has 1 aliphatic heterocycles. The summed E-state index contributed by atoms with van der Waals surface area (Å²) in [6.07, 6.45) is 2.18. The van der Waals surface area contributed by atoms with Crippen molar-refractivity contribution in [3.05, 3.63) is 75.2 Å². The summed E-state index contributed by atoms with van der Waals surface area (Å²) in [5, 5.41) is 5.41. The largest absolute Gasteiger partial charge is 0.383 e. The van der Waals surface area contributed by atoms with Gasteiger partial charge in [0.1, 0.15) is 15.8 Å².